The average Bonchev–Trinajstić information content (AvgIpc) is 2.62. The summed E-state index contributed by atoms with van der Waals surface area (Å²) in [6, 6.07) is 14.7. The average molecular weight is 354 g/mol. The fraction of sp³-hybridized carbons (Fsp3) is 0.250. The van der Waals surface area contributed by atoms with Crippen LogP contribution in [0, 0.1) is 13.8 Å². The molecule has 0 heterocycles. The van der Waals surface area contributed by atoms with E-state index in [1.807, 2.05) is 38.1 Å². The highest BCUT2D eigenvalue weighted by molar-refractivity contribution is 5.94. The van der Waals surface area contributed by atoms with Crippen molar-refractivity contribution in [2.45, 2.75) is 26.7 Å². The van der Waals surface area contributed by atoms with Crippen LogP contribution < -0.4 is 10.6 Å². The van der Waals surface area contributed by atoms with Crippen LogP contribution in [0.3, 0.4) is 0 Å². The zero-order valence-corrected chi connectivity index (χ0v) is 14.9. The number of carbonyl (C=O) groups excluding carboxylic acids is 3. The van der Waals surface area contributed by atoms with E-state index in [1.54, 1.807) is 24.3 Å². The van der Waals surface area contributed by atoms with Crippen molar-refractivity contribution in [1.29, 1.82) is 0 Å². The Morgan fingerprint density at radius 1 is 0.885 bits per heavy atom. The maximum absolute atomic E-state index is 11.9. The lowest BCUT2D eigenvalue weighted by molar-refractivity contribution is -0.147. The minimum atomic E-state index is -0.593. The Bertz CT molecular complexity index is 788. The van der Waals surface area contributed by atoms with E-state index in [0.29, 0.717) is 11.4 Å². The molecule has 0 aromatic heterocycles. The number of nitrogens with one attached hydrogen (secondary N) is 2. The molecule has 0 saturated carbocycles. The SMILES string of the molecule is Cc1ccc(C)c(NC(=O)COC(=O)CCC(=O)Nc2ccccc2)c1. The summed E-state index contributed by atoms with van der Waals surface area (Å²) in [5.41, 5.74) is 3.30. The van der Waals surface area contributed by atoms with Crippen molar-refractivity contribution >= 4 is 29.2 Å². The Labute approximate surface area is 152 Å². The Hall–Kier alpha value is -3.15. The topological polar surface area (TPSA) is 84.5 Å². The second kappa shape index (κ2) is 9.36. The van der Waals surface area contributed by atoms with Crippen molar-refractivity contribution < 1.29 is 19.1 Å². The van der Waals surface area contributed by atoms with E-state index in [-0.39, 0.29) is 25.4 Å². The van der Waals surface area contributed by atoms with Crippen LogP contribution in [0.4, 0.5) is 11.4 Å². The Balaban J connectivity index is 1.70. The third kappa shape index (κ3) is 6.39. The molecular formula is C20H22N2O4. The summed E-state index contributed by atoms with van der Waals surface area (Å²) in [6.07, 6.45) is -0.0955. The van der Waals surface area contributed by atoms with Gasteiger partial charge in [0.2, 0.25) is 5.91 Å². The van der Waals surface area contributed by atoms with Crippen LogP contribution in [0.15, 0.2) is 48.5 Å². The van der Waals surface area contributed by atoms with Crippen molar-refractivity contribution in [3.05, 3.63) is 59.7 Å². The van der Waals surface area contributed by atoms with Gasteiger partial charge in [-0.05, 0) is 43.2 Å². The highest BCUT2D eigenvalue weighted by Crippen LogP contribution is 2.16. The Morgan fingerprint density at radius 2 is 1.62 bits per heavy atom. The monoisotopic (exact) mass is 354 g/mol. The van der Waals surface area contributed by atoms with Crippen molar-refractivity contribution in [1.82, 2.24) is 0 Å². The smallest absolute Gasteiger partial charge is 0.306 e. The quantitative estimate of drug-likeness (QED) is 0.748. The number of rotatable bonds is 7. The van der Waals surface area contributed by atoms with E-state index in [1.165, 1.54) is 0 Å². The molecule has 2 aromatic rings. The number of esters is 1. The van der Waals surface area contributed by atoms with Gasteiger partial charge < -0.3 is 15.4 Å². The van der Waals surface area contributed by atoms with Gasteiger partial charge in [0, 0.05) is 17.8 Å². The minimum absolute atomic E-state index is 0.00760. The molecule has 0 aliphatic rings. The zero-order chi connectivity index (χ0) is 18.9. The fourth-order valence-corrected chi connectivity index (χ4v) is 2.24. The van der Waals surface area contributed by atoms with E-state index < -0.39 is 11.9 Å². The van der Waals surface area contributed by atoms with E-state index in [0.717, 1.165) is 11.1 Å². The summed E-state index contributed by atoms with van der Waals surface area (Å²) in [7, 11) is 0. The third-order valence-electron chi connectivity index (χ3n) is 3.65. The van der Waals surface area contributed by atoms with E-state index in [9.17, 15) is 14.4 Å². The molecule has 0 radical (unpaired) electrons. The van der Waals surface area contributed by atoms with E-state index in [2.05, 4.69) is 10.6 Å². The molecule has 136 valence electrons. The molecule has 0 aliphatic carbocycles. The predicted molar refractivity (Wildman–Crippen MR) is 99.8 cm³/mol. The molecule has 6 nitrogen and oxygen atoms in total. The second-order valence-electron chi connectivity index (χ2n) is 5.94. The number of para-hydroxylation sites is 1. The van der Waals surface area contributed by atoms with Gasteiger partial charge in [0.25, 0.3) is 5.91 Å². The maximum Gasteiger partial charge on any atom is 0.306 e. The van der Waals surface area contributed by atoms with E-state index in [4.69, 9.17) is 4.74 Å². The number of hydrogen-bond acceptors (Lipinski definition) is 4. The number of anilines is 2. The number of hydrogen-bond donors (Lipinski definition) is 2. The van der Waals surface area contributed by atoms with Crippen LogP contribution in [0.5, 0.6) is 0 Å². The summed E-state index contributed by atoms with van der Waals surface area (Å²) in [6.45, 7) is 3.43. The highest BCUT2D eigenvalue weighted by atomic mass is 16.5. The van der Waals surface area contributed by atoms with Crippen molar-refractivity contribution in [3.8, 4) is 0 Å². The lowest BCUT2D eigenvalue weighted by Gasteiger charge is -2.10. The first kappa shape index (κ1) is 19.2. The van der Waals surface area contributed by atoms with Gasteiger partial charge in [-0.15, -0.1) is 0 Å². The maximum atomic E-state index is 11.9. The molecule has 2 N–H and O–H groups in total. The molecule has 0 bridgehead atoms. The van der Waals surface area contributed by atoms with Gasteiger partial charge >= 0.3 is 5.97 Å². The zero-order valence-electron chi connectivity index (χ0n) is 14.9. The molecule has 2 amide bonds. The van der Waals surface area contributed by atoms with Gasteiger partial charge in [-0.3, -0.25) is 14.4 Å². The van der Waals surface area contributed by atoms with Gasteiger partial charge in [0.05, 0.1) is 6.42 Å². The van der Waals surface area contributed by atoms with Crippen LogP contribution >= 0.6 is 0 Å². The van der Waals surface area contributed by atoms with Gasteiger partial charge in [-0.1, -0.05) is 30.3 Å². The van der Waals surface area contributed by atoms with Crippen molar-refractivity contribution in [3.63, 3.8) is 0 Å². The summed E-state index contributed by atoms with van der Waals surface area (Å²) < 4.78 is 4.92. The normalized spacial score (nSPS) is 10.1. The van der Waals surface area contributed by atoms with Gasteiger partial charge in [0.15, 0.2) is 6.61 Å². The standard InChI is InChI=1S/C20H22N2O4/c1-14-8-9-15(2)17(12-14)22-19(24)13-26-20(25)11-10-18(23)21-16-6-4-3-5-7-16/h3-9,12H,10-11,13H2,1-2H3,(H,21,23)(H,22,24). The van der Waals surface area contributed by atoms with Gasteiger partial charge in [-0.25, -0.2) is 0 Å². The third-order valence-corrected chi connectivity index (χ3v) is 3.65. The molecule has 0 unspecified atom stereocenters. The van der Waals surface area contributed by atoms with Crippen molar-refractivity contribution in [2.75, 3.05) is 17.2 Å². The number of benzene rings is 2. The van der Waals surface area contributed by atoms with Crippen molar-refractivity contribution in [2.24, 2.45) is 0 Å². The summed E-state index contributed by atoms with van der Waals surface area (Å²) in [4.78, 5) is 35.4. The van der Waals surface area contributed by atoms with Crippen LogP contribution in [0.2, 0.25) is 0 Å². The molecule has 6 heteroatoms. The summed E-state index contributed by atoms with van der Waals surface area (Å²) in [5, 5.41) is 5.39. The number of carbonyl (C=O) groups is 3. The molecule has 0 spiro atoms. The molecular weight excluding hydrogens is 332 g/mol. The number of ether oxygens (including phenoxy) is 1. The predicted octanol–water partition coefficient (Wildman–Crippen LogP) is 3.20. The number of aryl methyl sites for hydroxylation is 2. The highest BCUT2D eigenvalue weighted by Gasteiger charge is 2.11. The number of amides is 2. The van der Waals surface area contributed by atoms with Crippen LogP contribution in [0.25, 0.3) is 0 Å². The van der Waals surface area contributed by atoms with Crippen LogP contribution in [-0.4, -0.2) is 24.4 Å². The van der Waals surface area contributed by atoms with Crippen LogP contribution in [0.1, 0.15) is 24.0 Å². The Morgan fingerprint density at radius 3 is 2.35 bits per heavy atom. The van der Waals surface area contributed by atoms with E-state index >= 15 is 0 Å². The lowest BCUT2D eigenvalue weighted by Crippen LogP contribution is -2.22. The summed E-state index contributed by atoms with van der Waals surface area (Å²) >= 11 is 0. The fourth-order valence-electron chi connectivity index (χ4n) is 2.24. The summed E-state index contributed by atoms with van der Waals surface area (Å²) in [5.74, 6) is -1.29. The Kier molecular flexibility index (Phi) is 6.91. The second-order valence-corrected chi connectivity index (χ2v) is 5.94. The molecule has 0 saturated heterocycles. The first-order chi connectivity index (χ1) is 12.4. The largest absolute Gasteiger partial charge is 0.456 e. The minimum Gasteiger partial charge on any atom is -0.456 e. The van der Waals surface area contributed by atoms with Crippen LogP contribution in [-0.2, 0) is 19.1 Å². The molecule has 0 aliphatic heterocycles. The molecule has 2 rings (SSSR count). The lowest BCUT2D eigenvalue weighted by atomic mass is 10.1. The molecule has 2 aromatic carbocycles. The molecule has 26 heavy (non-hydrogen) atoms. The molecule has 0 fully saturated rings. The first-order valence-electron chi connectivity index (χ1n) is 8.31. The van der Waals surface area contributed by atoms with Gasteiger partial charge in [-0.2, -0.15) is 0 Å². The van der Waals surface area contributed by atoms with Gasteiger partial charge in [0.1, 0.15) is 0 Å². The molecule has 0 atom stereocenters. The first-order valence-corrected chi connectivity index (χ1v) is 8.31.